The number of thiophene rings is 1. The Bertz CT molecular complexity index is 1550. The monoisotopic (exact) mass is 654 g/mol. The molecule has 0 saturated heterocycles. The number of rotatable bonds is 14. The largest absolute Gasteiger partial charge is 0.481 e. The molecule has 3 aromatic carbocycles. The molecule has 4 aromatic rings. The molecule has 1 saturated carbocycles. The van der Waals surface area contributed by atoms with Crippen LogP contribution in [0.4, 0.5) is 0 Å². The van der Waals surface area contributed by atoms with Crippen LogP contribution in [-0.2, 0) is 14.0 Å². The number of allylic oxidation sites excluding steroid dienone is 2. The van der Waals surface area contributed by atoms with Gasteiger partial charge in [-0.3, -0.25) is 9.59 Å². The predicted molar refractivity (Wildman–Crippen MR) is 190 cm³/mol. The molecule has 1 aliphatic rings. The fourth-order valence-electron chi connectivity index (χ4n) is 7.11. The average molecular weight is 655 g/mol. The van der Waals surface area contributed by atoms with Crippen LogP contribution in [0.2, 0.25) is 5.04 Å². The van der Waals surface area contributed by atoms with Gasteiger partial charge in [-0.05, 0) is 71.0 Å². The van der Waals surface area contributed by atoms with Crippen molar-refractivity contribution in [2.24, 2.45) is 11.8 Å². The van der Waals surface area contributed by atoms with Crippen LogP contribution in [0.3, 0.4) is 0 Å². The summed E-state index contributed by atoms with van der Waals surface area (Å²) in [5, 5.41) is 23.3. The van der Waals surface area contributed by atoms with E-state index in [1.54, 1.807) is 11.3 Å². The molecule has 1 heterocycles. The highest BCUT2D eigenvalue weighted by atomic mass is 32.1. The number of benzene rings is 3. The standard InChI is InChI=1S/C39H46O5SSi/c1-39(2,3)46(29-17-8-6-9-18-29,30-19-10-7-11-20-30)44-35(37-26-28-16-14-15-22-36(28)45-37)25-24-32-31(33(40)27-34(32)41)21-12-4-5-13-23-38(42)43/h4,6-12,14-20,22,26,31-33,35,40H,5,13,21,23-25,27H2,1-3H3,(H,42,43)/t31-,32-,33+,35?/m1/s1. The number of Topliss-reactive ketones (excluding diaryl/α,β-unsaturated/α-hetero) is 1. The van der Waals surface area contributed by atoms with Gasteiger partial charge in [0.05, 0.1) is 12.2 Å². The minimum atomic E-state index is -2.89. The third-order valence-electron chi connectivity index (χ3n) is 9.41. The van der Waals surface area contributed by atoms with Crippen molar-refractivity contribution < 1.29 is 24.2 Å². The average Bonchev–Trinajstić information content (AvgIpc) is 3.58. The molecule has 1 aliphatic carbocycles. The van der Waals surface area contributed by atoms with Crippen LogP contribution in [0, 0.1) is 11.8 Å². The Kier molecular flexibility index (Phi) is 11.1. The number of unbranched alkanes of at least 4 members (excludes halogenated alkanes) is 1. The van der Waals surface area contributed by atoms with Crippen LogP contribution in [-0.4, -0.2) is 36.4 Å². The quantitative estimate of drug-likeness (QED) is 0.0817. The van der Waals surface area contributed by atoms with Crippen molar-refractivity contribution in [3.05, 3.63) is 108 Å². The van der Waals surface area contributed by atoms with Gasteiger partial charge < -0.3 is 14.6 Å². The topological polar surface area (TPSA) is 83.8 Å². The first-order chi connectivity index (χ1) is 22.1. The minimum absolute atomic E-state index is 0.123. The highest BCUT2D eigenvalue weighted by Crippen LogP contribution is 2.45. The number of carboxylic acid groups (broad SMARTS) is 1. The third kappa shape index (κ3) is 7.60. The summed E-state index contributed by atoms with van der Waals surface area (Å²) in [5.41, 5.74) is 0. The number of carbonyl (C=O) groups is 2. The summed E-state index contributed by atoms with van der Waals surface area (Å²) in [4.78, 5) is 25.3. The molecule has 0 bridgehead atoms. The molecule has 46 heavy (non-hydrogen) atoms. The fraction of sp³-hybridized carbons (Fsp3) is 0.385. The molecule has 7 heteroatoms. The number of aliphatic hydroxyl groups excluding tert-OH is 1. The van der Waals surface area contributed by atoms with Crippen molar-refractivity contribution in [3.8, 4) is 0 Å². The Morgan fingerprint density at radius 3 is 2.22 bits per heavy atom. The molecular weight excluding hydrogens is 609 g/mol. The summed E-state index contributed by atoms with van der Waals surface area (Å²) in [7, 11) is -2.89. The number of hydrogen-bond donors (Lipinski definition) is 2. The van der Waals surface area contributed by atoms with Gasteiger partial charge in [0, 0.05) is 28.3 Å². The Labute approximate surface area is 278 Å². The lowest BCUT2D eigenvalue weighted by molar-refractivity contribution is -0.137. The van der Waals surface area contributed by atoms with E-state index in [0.29, 0.717) is 32.1 Å². The molecule has 1 aromatic heterocycles. The Balaban J connectivity index is 1.49. The molecule has 1 fully saturated rings. The van der Waals surface area contributed by atoms with E-state index in [1.165, 1.54) is 20.5 Å². The van der Waals surface area contributed by atoms with Gasteiger partial charge in [0.15, 0.2) is 0 Å². The van der Waals surface area contributed by atoms with Gasteiger partial charge in [0.25, 0.3) is 8.32 Å². The number of hydrogen-bond acceptors (Lipinski definition) is 5. The third-order valence-corrected chi connectivity index (χ3v) is 15.7. The summed E-state index contributed by atoms with van der Waals surface area (Å²) in [6.07, 6.45) is 6.59. The summed E-state index contributed by atoms with van der Waals surface area (Å²) >= 11 is 1.77. The highest BCUT2D eigenvalue weighted by molar-refractivity contribution is 7.19. The first kappa shape index (κ1) is 34.0. The number of carbonyl (C=O) groups excluding carboxylic acids is 1. The van der Waals surface area contributed by atoms with Crippen molar-refractivity contribution in [2.45, 2.75) is 83.0 Å². The zero-order valence-corrected chi connectivity index (χ0v) is 28.9. The molecule has 5 rings (SSSR count). The molecule has 0 aliphatic heterocycles. The van der Waals surface area contributed by atoms with Gasteiger partial charge in [-0.1, -0.05) is 112 Å². The second-order valence-corrected chi connectivity index (χ2v) is 18.9. The van der Waals surface area contributed by atoms with Gasteiger partial charge in [0.1, 0.15) is 5.78 Å². The van der Waals surface area contributed by atoms with Crippen molar-refractivity contribution in [3.63, 3.8) is 0 Å². The van der Waals surface area contributed by atoms with Gasteiger partial charge >= 0.3 is 5.97 Å². The van der Waals surface area contributed by atoms with E-state index in [-0.39, 0.29) is 41.6 Å². The lowest BCUT2D eigenvalue weighted by Gasteiger charge is -2.45. The first-order valence-corrected chi connectivity index (χ1v) is 19.2. The van der Waals surface area contributed by atoms with E-state index in [0.717, 1.165) is 4.88 Å². The fourth-order valence-corrected chi connectivity index (χ4v) is 13.0. The SMILES string of the molecule is CC(C)(C)[Si](OC(CC[C@H]1C(=O)C[C@H](O)[C@@H]1CC=CCCCC(=O)O)c1cc2ccccc2s1)(c1ccccc1)c1ccccc1. The van der Waals surface area contributed by atoms with Crippen molar-refractivity contribution in [1.82, 2.24) is 0 Å². The van der Waals surface area contributed by atoms with Gasteiger partial charge in [-0.15, -0.1) is 11.3 Å². The van der Waals surface area contributed by atoms with Gasteiger partial charge in [-0.2, -0.15) is 0 Å². The van der Waals surface area contributed by atoms with E-state index in [4.69, 9.17) is 9.53 Å². The highest BCUT2D eigenvalue weighted by Gasteiger charge is 2.52. The van der Waals surface area contributed by atoms with Crippen LogP contribution < -0.4 is 10.4 Å². The van der Waals surface area contributed by atoms with Crippen LogP contribution in [0.1, 0.15) is 76.7 Å². The summed E-state index contributed by atoms with van der Waals surface area (Å²) in [5.74, 6) is -1.08. The summed E-state index contributed by atoms with van der Waals surface area (Å²) in [6, 6.07) is 32.0. The second kappa shape index (κ2) is 15.0. The summed E-state index contributed by atoms with van der Waals surface area (Å²) < 4.78 is 8.92. The molecular formula is C39H46O5SSi. The van der Waals surface area contributed by atoms with E-state index < -0.39 is 20.4 Å². The molecule has 0 spiro atoms. The van der Waals surface area contributed by atoms with Crippen LogP contribution in [0.25, 0.3) is 10.1 Å². The Hall–Kier alpha value is -3.36. The Morgan fingerprint density at radius 1 is 0.978 bits per heavy atom. The second-order valence-electron chi connectivity index (χ2n) is 13.5. The molecule has 0 amide bonds. The van der Waals surface area contributed by atoms with E-state index in [1.807, 2.05) is 12.2 Å². The number of fused-ring (bicyclic) bond motifs is 1. The maximum absolute atomic E-state index is 13.3. The summed E-state index contributed by atoms with van der Waals surface area (Å²) in [6.45, 7) is 6.87. The van der Waals surface area contributed by atoms with Crippen LogP contribution >= 0.6 is 11.3 Å². The number of carboxylic acids is 1. The normalized spacial score (nSPS) is 19.7. The maximum atomic E-state index is 13.3. The van der Waals surface area contributed by atoms with Crippen LogP contribution in [0.5, 0.6) is 0 Å². The van der Waals surface area contributed by atoms with E-state index >= 15 is 0 Å². The van der Waals surface area contributed by atoms with Crippen molar-refractivity contribution >= 4 is 51.9 Å². The number of aliphatic carboxylic acids is 1. The molecule has 4 atom stereocenters. The lowest BCUT2D eigenvalue weighted by atomic mass is 9.86. The number of ketones is 1. The van der Waals surface area contributed by atoms with Crippen molar-refractivity contribution in [2.75, 3.05) is 0 Å². The Morgan fingerprint density at radius 2 is 1.61 bits per heavy atom. The van der Waals surface area contributed by atoms with E-state index in [9.17, 15) is 14.7 Å². The lowest BCUT2D eigenvalue weighted by Crippen LogP contribution is -2.66. The van der Waals surface area contributed by atoms with E-state index in [2.05, 4.69) is 112 Å². The van der Waals surface area contributed by atoms with Crippen LogP contribution in [0.15, 0.2) is 103 Å². The molecule has 1 unspecified atom stereocenters. The minimum Gasteiger partial charge on any atom is -0.481 e. The smallest absolute Gasteiger partial charge is 0.303 e. The zero-order chi connectivity index (χ0) is 32.7. The zero-order valence-electron chi connectivity index (χ0n) is 27.1. The van der Waals surface area contributed by atoms with Gasteiger partial charge in [-0.25, -0.2) is 0 Å². The molecule has 242 valence electrons. The van der Waals surface area contributed by atoms with Gasteiger partial charge in [0.2, 0.25) is 0 Å². The maximum Gasteiger partial charge on any atom is 0.303 e. The van der Waals surface area contributed by atoms with Crippen molar-refractivity contribution in [1.29, 1.82) is 0 Å². The predicted octanol–water partition coefficient (Wildman–Crippen LogP) is 8.07. The molecule has 5 nitrogen and oxygen atoms in total. The molecule has 0 radical (unpaired) electrons. The first-order valence-electron chi connectivity index (χ1n) is 16.4. The molecule has 2 N–H and O–H groups in total. The number of aliphatic hydroxyl groups is 1.